The minimum Gasteiger partial charge on any atom is -0.466 e. The van der Waals surface area contributed by atoms with Gasteiger partial charge in [-0.05, 0) is 32.6 Å². The van der Waals surface area contributed by atoms with Crippen molar-refractivity contribution in [3.8, 4) is 0 Å². The molecule has 2 aliphatic heterocycles. The highest BCUT2D eigenvalue weighted by atomic mass is 127. The Bertz CT molecular complexity index is 484. The van der Waals surface area contributed by atoms with Gasteiger partial charge in [-0.15, -0.1) is 24.0 Å². The third kappa shape index (κ3) is 7.67. The van der Waals surface area contributed by atoms with E-state index in [-0.39, 0.29) is 35.9 Å². The van der Waals surface area contributed by atoms with Crippen molar-refractivity contribution < 1.29 is 14.3 Å². The molecule has 0 aromatic carbocycles. The first-order valence-electron chi connectivity index (χ1n) is 10.6. The van der Waals surface area contributed by atoms with E-state index in [9.17, 15) is 4.79 Å². The summed E-state index contributed by atoms with van der Waals surface area (Å²) in [4.78, 5) is 21.9. The molecule has 2 rings (SSSR count). The van der Waals surface area contributed by atoms with E-state index in [1.807, 2.05) is 6.92 Å². The van der Waals surface area contributed by atoms with Gasteiger partial charge in [-0.3, -0.25) is 14.7 Å². The zero-order chi connectivity index (χ0) is 19.6. The van der Waals surface area contributed by atoms with Crippen LogP contribution in [0.3, 0.4) is 0 Å². The molecule has 164 valence electrons. The van der Waals surface area contributed by atoms with E-state index in [1.54, 1.807) is 0 Å². The smallest absolute Gasteiger partial charge is 0.310 e. The zero-order valence-electron chi connectivity index (χ0n) is 18.0. The summed E-state index contributed by atoms with van der Waals surface area (Å²) in [7, 11) is 0. The number of likely N-dealkylation sites (tertiary alicyclic amines) is 1. The SMILES string of the molecule is CCNC(=NCC(C(C)C)N1CCOCC1)N1CCCC(C(=O)OCC)C1.I. The van der Waals surface area contributed by atoms with Crippen molar-refractivity contribution in [1.82, 2.24) is 15.1 Å². The molecule has 2 atom stereocenters. The van der Waals surface area contributed by atoms with Gasteiger partial charge in [-0.1, -0.05) is 13.8 Å². The van der Waals surface area contributed by atoms with E-state index < -0.39 is 0 Å². The zero-order valence-corrected chi connectivity index (χ0v) is 20.3. The summed E-state index contributed by atoms with van der Waals surface area (Å²) in [5.74, 6) is 1.32. The molecule has 0 aromatic heterocycles. The molecular formula is C20H39IN4O3. The summed E-state index contributed by atoms with van der Waals surface area (Å²) >= 11 is 0. The average Bonchev–Trinajstić information content (AvgIpc) is 2.68. The van der Waals surface area contributed by atoms with Crippen LogP contribution in [0.25, 0.3) is 0 Å². The predicted molar refractivity (Wildman–Crippen MR) is 123 cm³/mol. The van der Waals surface area contributed by atoms with E-state index in [4.69, 9.17) is 14.5 Å². The van der Waals surface area contributed by atoms with Crippen LogP contribution in [0.1, 0.15) is 40.5 Å². The number of aliphatic imine (C=N–C) groups is 1. The second kappa shape index (κ2) is 13.6. The van der Waals surface area contributed by atoms with Crippen molar-refractivity contribution in [1.29, 1.82) is 0 Å². The molecule has 8 heteroatoms. The molecule has 2 aliphatic rings. The fourth-order valence-corrected chi connectivity index (χ4v) is 3.88. The third-order valence-electron chi connectivity index (χ3n) is 5.39. The number of nitrogens with one attached hydrogen (secondary N) is 1. The fraction of sp³-hybridized carbons (Fsp3) is 0.900. The lowest BCUT2D eigenvalue weighted by molar-refractivity contribution is -0.149. The Morgan fingerprint density at radius 1 is 1.25 bits per heavy atom. The van der Waals surface area contributed by atoms with Crippen LogP contribution in [0.5, 0.6) is 0 Å². The quantitative estimate of drug-likeness (QED) is 0.245. The molecule has 0 radical (unpaired) electrons. The molecule has 0 saturated carbocycles. The van der Waals surface area contributed by atoms with Gasteiger partial charge in [0.2, 0.25) is 0 Å². The number of piperidine rings is 1. The second-order valence-corrected chi connectivity index (χ2v) is 7.69. The number of hydrogen-bond acceptors (Lipinski definition) is 5. The van der Waals surface area contributed by atoms with Crippen LogP contribution in [-0.4, -0.2) is 86.9 Å². The third-order valence-corrected chi connectivity index (χ3v) is 5.39. The maximum atomic E-state index is 12.2. The van der Waals surface area contributed by atoms with Crippen LogP contribution in [0.4, 0.5) is 0 Å². The van der Waals surface area contributed by atoms with E-state index in [0.29, 0.717) is 25.1 Å². The van der Waals surface area contributed by atoms with Crippen LogP contribution in [0, 0.1) is 11.8 Å². The first kappa shape index (κ1) is 25.4. The van der Waals surface area contributed by atoms with Crippen molar-refractivity contribution in [2.75, 3.05) is 59.1 Å². The molecule has 0 amide bonds. The molecule has 7 nitrogen and oxygen atoms in total. The van der Waals surface area contributed by atoms with Crippen LogP contribution in [0.2, 0.25) is 0 Å². The Kier molecular flexibility index (Phi) is 12.3. The second-order valence-electron chi connectivity index (χ2n) is 7.69. The number of ether oxygens (including phenoxy) is 2. The maximum Gasteiger partial charge on any atom is 0.310 e. The first-order valence-corrected chi connectivity index (χ1v) is 10.6. The molecule has 0 spiro atoms. The first-order chi connectivity index (χ1) is 13.1. The number of rotatable bonds is 7. The lowest BCUT2D eigenvalue weighted by Gasteiger charge is -2.37. The summed E-state index contributed by atoms with van der Waals surface area (Å²) in [5.41, 5.74) is 0. The van der Waals surface area contributed by atoms with Gasteiger partial charge in [-0.2, -0.15) is 0 Å². The van der Waals surface area contributed by atoms with Crippen molar-refractivity contribution in [3.63, 3.8) is 0 Å². The van der Waals surface area contributed by atoms with Gasteiger partial charge in [0.05, 0.1) is 32.3 Å². The molecule has 2 heterocycles. The van der Waals surface area contributed by atoms with E-state index in [2.05, 4.69) is 35.9 Å². The average molecular weight is 510 g/mol. The number of halogens is 1. The number of morpholine rings is 1. The fourth-order valence-electron chi connectivity index (χ4n) is 3.88. The molecule has 2 saturated heterocycles. The Morgan fingerprint density at radius 3 is 2.57 bits per heavy atom. The van der Waals surface area contributed by atoms with E-state index in [1.165, 1.54) is 0 Å². The van der Waals surface area contributed by atoms with Gasteiger partial charge in [-0.25, -0.2) is 0 Å². The lowest BCUT2D eigenvalue weighted by Crippen LogP contribution is -2.50. The molecule has 28 heavy (non-hydrogen) atoms. The van der Waals surface area contributed by atoms with Crippen molar-refractivity contribution >= 4 is 35.9 Å². The number of carbonyl (C=O) groups excluding carboxylic acids is 1. The Morgan fingerprint density at radius 2 is 1.96 bits per heavy atom. The van der Waals surface area contributed by atoms with E-state index in [0.717, 1.165) is 64.7 Å². The predicted octanol–water partition coefficient (Wildman–Crippen LogP) is 2.20. The summed E-state index contributed by atoms with van der Waals surface area (Å²) < 4.78 is 10.7. The normalized spacial score (nSPS) is 22.5. The van der Waals surface area contributed by atoms with Gasteiger partial charge in [0.15, 0.2) is 5.96 Å². The molecule has 1 N–H and O–H groups in total. The highest BCUT2D eigenvalue weighted by molar-refractivity contribution is 14.0. The van der Waals surface area contributed by atoms with Crippen molar-refractivity contribution in [3.05, 3.63) is 0 Å². The van der Waals surface area contributed by atoms with Crippen molar-refractivity contribution in [2.45, 2.75) is 46.6 Å². The van der Waals surface area contributed by atoms with Crippen molar-refractivity contribution in [2.24, 2.45) is 16.8 Å². The van der Waals surface area contributed by atoms with Gasteiger partial charge < -0.3 is 19.7 Å². The number of guanidine groups is 1. The largest absolute Gasteiger partial charge is 0.466 e. The van der Waals surface area contributed by atoms with Crippen LogP contribution in [0.15, 0.2) is 4.99 Å². The van der Waals surface area contributed by atoms with Crippen LogP contribution in [-0.2, 0) is 14.3 Å². The van der Waals surface area contributed by atoms with Gasteiger partial charge in [0.1, 0.15) is 0 Å². The lowest BCUT2D eigenvalue weighted by atomic mass is 9.98. The number of hydrogen-bond donors (Lipinski definition) is 1. The molecular weight excluding hydrogens is 471 g/mol. The highest BCUT2D eigenvalue weighted by Gasteiger charge is 2.29. The van der Waals surface area contributed by atoms with Gasteiger partial charge >= 0.3 is 5.97 Å². The Balaban J connectivity index is 0.00000392. The maximum absolute atomic E-state index is 12.2. The molecule has 2 unspecified atom stereocenters. The molecule has 2 fully saturated rings. The summed E-state index contributed by atoms with van der Waals surface area (Å²) in [6.07, 6.45) is 1.89. The number of nitrogens with zero attached hydrogens (tertiary/aromatic N) is 3. The highest BCUT2D eigenvalue weighted by Crippen LogP contribution is 2.19. The minimum absolute atomic E-state index is 0. The summed E-state index contributed by atoms with van der Waals surface area (Å²) in [5, 5.41) is 3.42. The molecule has 0 aromatic rings. The topological polar surface area (TPSA) is 66.4 Å². The summed E-state index contributed by atoms with van der Waals surface area (Å²) in [6.45, 7) is 15.7. The monoisotopic (exact) mass is 510 g/mol. The van der Waals surface area contributed by atoms with E-state index >= 15 is 0 Å². The van der Waals surface area contributed by atoms with Gasteiger partial charge in [0, 0.05) is 38.8 Å². The standard InChI is InChI=1S/C20H38N4O3.HI/c1-5-21-20(24-9-7-8-17(15-24)19(25)27-6-2)22-14-18(16(3)4)23-10-12-26-13-11-23;/h16-18H,5-15H2,1-4H3,(H,21,22);1H. The molecule has 0 bridgehead atoms. The van der Waals surface area contributed by atoms with Crippen LogP contribution < -0.4 is 5.32 Å². The summed E-state index contributed by atoms with van der Waals surface area (Å²) in [6, 6.07) is 0.410. The number of esters is 1. The molecule has 0 aliphatic carbocycles. The number of carbonyl (C=O) groups is 1. The van der Waals surface area contributed by atoms with Crippen LogP contribution >= 0.6 is 24.0 Å². The van der Waals surface area contributed by atoms with Gasteiger partial charge in [0.25, 0.3) is 0 Å². The Labute approximate surface area is 187 Å². The minimum atomic E-state index is -0.0774. The Hall–Kier alpha value is -0.610.